The van der Waals surface area contributed by atoms with E-state index in [1.807, 2.05) is 24.3 Å². The Morgan fingerprint density at radius 2 is 1.56 bits per heavy atom. The van der Waals surface area contributed by atoms with E-state index in [-0.39, 0.29) is 17.6 Å². The third-order valence-electron chi connectivity index (χ3n) is 8.10. The van der Waals surface area contributed by atoms with E-state index in [4.69, 9.17) is 4.74 Å². The molecule has 2 aliphatic heterocycles. The topological polar surface area (TPSA) is 46.6 Å². The highest BCUT2D eigenvalue weighted by Gasteiger charge is 2.56. The van der Waals surface area contributed by atoms with Crippen LogP contribution < -0.4 is 0 Å². The Morgan fingerprint density at radius 3 is 2.28 bits per heavy atom. The summed E-state index contributed by atoms with van der Waals surface area (Å²) in [7, 11) is -3.76. The normalized spacial score (nSPS) is 26.2. The summed E-state index contributed by atoms with van der Waals surface area (Å²) in [4.78, 5) is 0.324. The maximum Gasteiger partial charge on any atom is 0.243 e. The average Bonchev–Trinajstić information content (AvgIpc) is 2.91. The number of rotatable bonds is 5. The molecule has 0 radical (unpaired) electrons. The molecule has 0 saturated carbocycles. The van der Waals surface area contributed by atoms with Gasteiger partial charge in [-0.25, -0.2) is 8.42 Å². The molecule has 3 atom stereocenters. The average molecular weight is 565 g/mol. The summed E-state index contributed by atoms with van der Waals surface area (Å²) in [5.74, 6) is 1.11. The molecule has 186 valence electrons. The van der Waals surface area contributed by atoms with Crippen molar-refractivity contribution in [3.8, 4) is 0 Å². The Labute approximate surface area is 222 Å². The molecule has 2 heterocycles. The van der Waals surface area contributed by atoms with Crippen LogP contribution in [0.5, 0.6) is 0 Å². The number of benzene rings is 3. The van der Waals surface area contributed by atoms with Gasteiger partial charge in [0.25, 0.3) is 0 Å². The minimum atomic E-state index is -3.76. The second-order valence-electron chi connectivity index (χ2n) is 10.2. The van der Waals surface area contributed by atoms with E-state index in [2.05, 4.69) is 52.3 Å². The van der Waals surface area contributed by atoms with Crippen molar-refractivity contribution >= 4 is 26.0 Å². The number of hydrogen-bond acceptors (Lipinski definition) is 3. The molecule has 2 bridgehead atoms. The first kappa shape index (κ1) is 24.0. The number of sulfonamides is 1. The highest BCUT2D eigenvalue weighted by Crippen LogP contribution is 2.53. The van der Waals surface area contributed by atoms with Crippen molar-refractivity contribution in [1.82, 2.24) is 4.31 Å². The van der Waals surface area contributed by atoms with Crippen LogP contribution in [-0.2, 0) is 26.6 Å². The van der Waals surface area contributed by atoms with Gasteiger partial charge in [-0.05, 0) is 66.6 Å². The van der Waals surface area contributed by atoms with Crippen molar-refractivity contribution in [1.29, 1.82) is 0 Å². The van der Waals surface area contributed by atoms with Gasteiger partial charge in [-0.2, -0.15) is 4.31 Å². The molecule has 6 rings (SSSR count). The van der Waals surface area contributed by atoms with Crippen LogP contribution in [0.2, 0.25) is 0 Å². The zero-order chi connectivity index (χ0) is 24.8. The zero-order valence-electron chi connectivity index (χ0n) is 20.1. The Hall–Kier alpha value is -2.41. The van der Waals surface area contributed by atoms with E-state index in [9.17, 15) is 8.42 Å². The van der Waals surface area contributed by atoms with Crippen molar-refractivity contribution in [2.24, 2.45) is 0 Å². The van der Waals surface area contributed by atoms with Gasteiger partial charge >= 0.3 is 0 Å². The quantitative estimate of drug-likeness (QED) is 0.350. The third-order valence-corrected chi connectivity index (χ3v) is 10.5. The molecule has 1 fully saturated rings. The summed E-state index contributed by atoms with van der Waals surface area (Å²) in [6.07, 6.45) is 5.37. The molecule has 0 spiro atoms. The monoisotopic (exact) mass is 563 g/mol. The maximum atomic E-state index is 14.3. The standard InChI is InChI=1S/C30H30BrNO3S/c31-24-15-17-25(18-16-24)36(33,34)32-21-30(23-11-5-2-6-12-23)20-29(35-28-14-8-7-13-26(28)30)27(32)19-22-9-3-1-4-10-22/h1-6,9-12,15-18,27,29H,7-8,13-14,19-21H2/t27-,29-,30+/m0/s1. The van der Waals surface area contributed by atoms with Crippen molar-refractivity contribution in [2.75, 3.05) is 6.54 Å². The van der Waals surface area contributed by atoms with Crippen molar-refractivity contribution < 1.29 is 13.2 Å². The van der Waals surface area contributed by atoms with Crippen LogP contribution in [0, 0.1) is 0 Å². The van der Waals surface area contributed by atoms with E-state index in [1.165, 1.54) is 11.1 Å². The molecule has 0 unspecified atom stereocenters. The first-order chi connectivity index (χ1) is 17.5. The van der Waals surface area contributed by atoms with E-state index >= 15 is 0 Å². The van der Waals surface area contributed by atoms with Gasteiger partial charge in [-0.15, -0.1) is 0 Å². The predicted molar refractivity (Wildman–Crippen MR) is 145 cm³/mol. The fourth-order valence-corrected chi connectivity index (χ4v) is 8.36. The van der Waals surface area contributed by atoms with E-state index in [1.54, 1.807) is 28.6 Å². The summed E-state index contributed by atoms with van der Waals surface area (Å²) in [6, 6.07) is 27.4. The van der Waals surface area contributed by atoms with Gasteiger partial charge in [-0.3, -0.25) is 0 Å². The molecule has 0 amide bonds. The molecular formula is C30H30BrNO3S. The van der Waals surface area contributed by atoms with Crippen molar-refractivity contribution in [3.63, 3.8) is 0 Å². The van der Waals surface area contributed by atoms with Crippen LogP contribution in [0.25, 0.3) is 0 Å². The van der Waals surface area contributed by atoms with E-state index < -0.39 is 10.0 Å². The van der Waals surface area contributed by atoms with Crippen LogP contribution >= 0.6 is 15.9 Å². The number of piperidine rings is 1. The number of allylic oxidation sites excluding steroid dienone is 1. The second-order valence-corrected chi connectivity index (χ2v) is 13.0. The van der Waals surface area contributed by atoms with E-state index in [0.29, 0.717) is 17.9 Å². The third kappa shape index (κ3) is 4.13. The van der Waals surface area contributed by atoms with Crippen LogP contribution in [-0.4, -0.2) is 31.4 Å². The molecule has 0 N–H and O–H groups in total. The van der Waals surface area contributed by atoms with Gasteiger partial charge in [0.15, 0.2) is 0 Å². The molecule has 1 aliphatic carbocycles. The number of fused-ring (bicyclic) bond motifs is 3. The lowest BCUT2D eigenvalue weighted by Gasteiger charge is -2.55. The molecule has 6 heteroatoms. The Balaban J connectivity index is 1.52. The van der Waals surface area contributed by atoms with Crippen molar-refractivity contribution in [3.05, 3.63) is 112 Å². The lowest BCUT2D eigenvalue weighted by Crippen LogP contribution is -2.63. The van der Waals surface area contributed by atoms with Gasteiger partial charge in [0.05, 0.1) is 16.7 Å². The maximum absolute atomic E-state index is 14.3. The Kier molecular flexibility index (Phi) is 6.30. The molecule has 4 nitrogen and oxygen atoms in total. The van der Waals surface area contributed by atoms with Gasteiger partial charge in [0.1, 0.15) is 6.10 Å². The molecule has 36 heavy (non-hydrogen) atoms. The lowest BCUT2D eigenvalue weighted by molar-refractivity contribution is -0.0337. The zero-order valence-corrected chi connectivity index (χ0v) is 22.5. The minimum absolute atomic E-state index is 0.207. The highest BCUT2D eigenvalue weighted by atomic mass is 79.9. The SMILES string of the molecule is O=S(=O)(c1ccc(Br)cc1)N1C[C@@]2(c3ccccc3)C[C@H](OC3=C2CCCC3)[C@@H]1Cc1ccccc1. The lowest BCUT2D eigenvalue weighted by atomic mass is 9.63. The molecule has 3 aromatic rings. The summed E-state index contributed by atoms with van der Waals surface area (Å²) in [6.45, 7) is 0.436. The van der Waals surface area contributed by atoms with Crippen molar-refractivity contribution in [2.45, 2.75) is 61.0 Å². The summed E-state index contributed by atoms with van der Waals surface area (Å²) in [5.41, 5.74) is 3.26. The number of hydrogen-bond donors (Lipinski definition) is 0. The van der Waals surface area contributed by atoms with Crippen LogP contribution in [0.4, 0.5) is 0 Å². The first-order valence-electron chi connectivity index (χ1n) is 12.7. The largest absolute Gasteiger partial charge is 0.493 e. The second kappa shape index (κ2) is 9.47. The van der Waals surface area contributed by atoms with E-state index in [0.717, 1.165) is 47.9 Å². The molecular weight excluding hydrogens is 534 g/mol. The van der Waals surface area contributed by atoms with Gasteiger partial charge in [-0.1, -0.05) is 76.6 Å². The van der Waals surface area contributed by atoms with Gasteiger partial charge < -0.3 is 4.74 Å². The molecule has 1 saturated heterocycles. The summed E-state index contributed by atoms with van der Waals surface area (Å²) in [5, 5.41) is 0. The number of nitrogens with zero attached hydrogens (tertiary/aromatic N) is 1. The first-order valence-corrected chi connectivity index (χ1v) is 15.0. The Morgan fingerprint density at radius 1 is 0.889 bits per heavy atom. The smallest absolute Gasteiger partial charge is 0.243 e. The van der Waals surface area contributed by atoms with Crippen LogP contribution in [0.3, 0.4) is 0 Å². The highest BCUT2D eigenvalue weighted by molar-refractivity contribution is 9.10. The van der Waals surface area contributed by atoms with Crippen LogP contribution in [0.15, 0.2) is 106 Å². The summed E-state index contributed by atoms with van der Waals surface area (Å²) < 4.78 is 38.0. The summed E-state index contributed by atoms with van der Waals surface area (Å²) >= 11 is 3.45. The minimum Gasteiger partial charge on any atom is -0.493 e. The number of halogens is 1. The molecule has 3 aromatic carbocycles. The molecule has 3 aliphatic rings. The molecule has 0 aromatic heterocycles. The fourth-order valence-electron chi connectivity index (χ4n) is 6.38. The van der Waals surface area contributed by atoms with Gasteiger partial charge in [0, 0.05) is 29.3 Å². The fraction of sp³-hybridized carbons (Fsp3) is 0.333. The Bertz CT molecular complexity index is 1370. The predicted octanol–water partition coefficient (Wildman–Crippen LogP) is 6.62. The number of ether oxygens (including phenoxy) is 1. The van der Waals surface area contributed by atoms with Gasteiger partial charge in [0.2, 0.25) is 10.0 Å². The van der Waals surface area contributed by atoms with Crippen LogP contribution in [0.1, 0.15) is 43.2 Å².